The van der Waals surface area contributed by atoms with Crippen molar-refractivity contribution >= 4 is 0 Å². The molecule has 0 aliphatic rings. The summed E-state index contributed by atoms with van der Waals surface area (Å²) < 4.78 is 16.6. The van der Waals surface area contributed by atoms with Crippen molar-refractivity contribution < 1.29 is 14.2 Å². The van der Waals surface area contributed by atoms with Crippen molar-refractivity contribution in [1.82, 2.24) is 0 Å². The molecule has 1 atom stereocenters. The number of hydrogen-bond donors (Lipinski definition) is 1. The molecule has 1 aromatic rings. The van der Waals surface area contributed by atoms with Gasteiger partial charge in [0.2, 0.25) is 0 Å². The van der Waals surface area contributed by atoms with Gasteiger partial charge >= 0.3 is 0 Å². The zero-order valence-corrected chi connectivity index (χ0v) is 13.9. The highest BCUT2D eigenvalue weighted by atomic mass is 16.5. The van der Waals surface area contributed by atoms with Gasteiger partial charge in [-0.3, -0.25) is 0 Å². The molecule has 21 heavy (non-hydrogen) atoms. The topological polar surface area (TPSA) is 53.7 Å². The third-order valence-electron chi connectivity index (χ3n) is 3.38. The van der Waals surface area contributed by atoms with Gasteiger partial charge in [-0.25, -0.2) is 0 Å². The molecule has 0 spiro atoms. The molecule has 0 heterocycles. The van der Waals surface area contributed by atoms with Gasteiger partial charge in [-0.15, -0.1) is 0 Å². The average Bonchev–Trinajstić information content (AvgIpc) is 2.43. The summed E-state index contributed by atoms with van der Waals surface area (Å²) in [5, 5.41) is 0. The fourth-order valence-electron chi connectivity index (χ4n) is 1.79. The molecular formula is C17H29NO3. The Bertz CT molecular complexity index is 401. The molecule has 1 aromatic carbocycles. The lowest BCUT2D eigenvalue weighted by molar-refractivity contribution is -0.0113. The SMILES string of the molecule is COC(C)(C)CCOCC(N)c1ccc(OC(C)C)cc1. The van der Waals surface area contributed by atoms with E-state index in [1.165, 1.54) is 0 Å². The predicted octanol–water partition coefficient (Wildman–Crippen LogP) is 3.31. The van der Waals surface area contributed by atoms with Crippen molar-refractivity contribution in [2.24, 2.45) is 5.73 Å². The van der Waals surface area contributed by atoms with Crippen molar-refractivity contribution in [2.45, 2.75) is 51.9 Å². The van der Waals surface area contributed by atoms with E-state index in [1.807, 2.05) is 52.0 Å². The average molecular weight is 295 g/mol. The van der Waals surface area contributed by atoms with Crippen molar-refractivity contribution in [3.05, 3.63) is 29.8 Å². The number of ether oxygens (including phenoxy) is 3. The lowest BCUT2D eigenvalue weighted by atomic mass is 10.1. The minimum Gasteiger partial charge on any atom is -0.491 e. The first kappa shape index (κ1) is 18.0. The molecule has 0 aromatic heterocycles. The molecule has 2 N–H and O–H groups in total. The zero-order valence-electron chi connectivity index (χ0n) is 13.9. The monoisotopic (exact) mass is 295 g/mol. The maximum absolute atomic E-state index is 6.13. The summed E-state index contributed by atoms with van der Waals surface area (Å²) in [4.78, 5) is 0. The van der Waals surface area contributed by atoms with E-state index in [9.17, 15) is 0 Å². The van der Waals surface area contributed by atoms with E-state index in [-0.39, 0.29) is 17.7 Å². The number of benzene rings is 1. The molecule has 0 bridgehead atoms. The van der Waals surface area contributed by atoms with Crippen LogP contribution < -0.4 is 10.5 Å². The van der Waals surface area contributed by atoms with E-state index in [0.29, 0.717) is 13.2 Å². The van der Waals surface area contributed by atoms with E-state index in [1.54, 1.807) is 7.11 Å². The van der Waals surface area contributed by atoms with Crippen molar-refractivity contribution in [2.75, 3.05) is 20.3 Å². The lowest BCUT2D eigenvalue weighted by Crippen LogP contribution is -2.25. The number of methoxy groups -OCH3 is 1. The Morgan fingerprint density at radius 2 is 1.76 bits per heavy atom. The summed E-state index contributed by atoms with van der Waals surface area (Å²) in [5.41, 5.74) is 7.03. The summed E-state index contributed by atoms with van der Waals surface area (Å²) in [7, 11) is 1.71. The maximum Gasteiger partial charge on any atom is 0.119 e. The van der Waals surface area contributed by atoms with Crippen LogP contribution in [0.15, 0.2) is 24.3 Å². The van der Waals surface area contributed by atoms with Crippen LogP contribution in [0.2, 0.25) is 0 Å². The van der Waals surface area contributed by atoms with Crippen molar-refractivity contribution in [3.8, 4) is 5.75 Å². The van der Waals surface area contributed by atoms with Crippen LogP contribution in [0, 0.1) is 0 Å². The van der Waals surface area contributed by atoms with Gasteiger partial charge in [-0.05, 0) is 51.8 Å². The van der Waals surface area contributed by atoms with Crippen LogP contribution >= 0.6 is 0 Å². The first-order valence-electron chi connectivity index (χ1n) is 7.49. The van der Waals surface area contributed by atoms with E-state index in [2.05, 4.69) is 0 Å². The summed E-state index contributed by atoms with van der Waals surface area (Å²) in [6.45, 7) is 9.25. The van der Waals surface area contributed by atoms with Gasteiger partial charge in [0, 0.05) is 13.7 Å². The standard InChI is InChI=1S/C17H29NO3/c1-13(2)21-15-8-6-14(7-9-15)16(18)12-20-11-10-17(3,4)19-5/h6-9,13,16H,10-12,18H2,1-5H3. The van der Waals surface area contributed by atoms with E-state index < -0.39 is 0 Å². The number of rotatable bonds is 9. The number of nitrogens with two attached hydrogens (primary N) is 1. The smallest absolute Gasteiger partial charge is 0.119 e. The molecule has 0 fully saturated rings. The highest BCUT2D eigenvalue weighted by molar-refractivity contribution is 5.29. The normalized spacial score (nSPS) is 13.5. The van der Waals surface area contributed by atoms with Crippen LogP contribution in [-0.4, -0.2) is 32.0 Å². The Hall–Kier alpha value is -1.10. The highest BCUT2D eigenvalue weighted by Gasteiger charge is 2.16. The second-order valence-electron chi connectivity index (χ2n) is 6.13. The van der Waals surface area contributed by atoms with Crippen molar-refractivity contribution in [3.63, 3.8) is 0 Å². The summed E-state index contributed by atoms with van der Waals surface area (Å²) in [6, 6.07) is 7.76. The van der Waals surface area contributed by atoms with Gasteiger partial charge in [0.15, 0.2) is 0 Å². The lowest BCUT2D eigenvalue weighted by Gasteiger charge is -2.23. The Morgan fingerprint density at radius 1 is 1.14 bits per heavy atom. The second kappa shape index (κ2) is 8.37. The highest BCUT2D eigenvalue weighted by Crippen LogP contribution is 2.18. The first-order valence-corrected chi connectivity index (χ1v) is 7.49. The molecule has 120 valence electrons. The minimum atomic E-state index is -0.153. The molecule has 1 rings (SSSR count). The van der Waals surface area contributed by atoms with Crippen LogP contribution in [0.4, 0.5) is 0 Å². The van der Waals surface area contributed by atoms with Crippen LogP contribution in [-0.2, 0) is 9.47 Å². The quantitative estimate of drug-likeness (QED) is 0.710. The Labute approximate surface area is 128 Å². The molecule has 0 amide bonds. The summed E-state index contributed by atoms with van der Waals surface area (Å²) >= 11 is 0. The largest absolute Gasteiger partial charge is 0.491 e. The van der Waals surface area contributed by atoms with Crippen LogP contribution in [0.25, 0.3) is 0 Å². The summed E-state index contributed by atoms with van der Waals surface area (Å²) in [5.74, 6) is 0.865. The third-order valence-corrected chi connectivity index (χ3v) is 3.38. The molecule has 0 saturated carbocycles. The molecular weight excluding hydrogens is 266 g/mol. The van der Waals surface area contributed by atoms with Crippen LogP contribution in [0.1, 0.15) is 45.7 Å². The molecule has 0 radical (unpaired) electrons. The fraction of sp³-hybridized carbons (Fsp3) is 0.647. The Balaban J connectivity index is 2.36. The second-order valence-corrected chi connectivity index (χ2v) is 6.13. The molecule has 0 aliphatic carbocycles. The van der Waals surface area contributed by atoms with Crippen molar-refractivity contribution in [1.29, 1.82) is 0 Å². The molecule has 4 nitrogen and oxygen atoms in total. The Kier molecular flexibility index (Phi) is 7.15. The molecule has 0 aliphatic heterocycles. The fourth-order valence-corrected chi connectivity index (χ4v) is 1.79. The zero-order chi connectivity index (χ0) is 15.9. The van der Waals surface area contributed by atoms with E-state index in [4.69, 9.17) is 19.9 Å². The van der Waals surface area contributed by atoms with Gasteiger partial charge in [-0.1, -0.05) is 12.1 Å². The Morgan fingerprint density at radius 3 is 2.29 bits per heavy atom. The van der Waals surface area contributed by atoms with Crippen LogP contribution in [0.3, 0.4) is 0 Å². The van der Waals surface area contributed by atoms with E-state index in [0.717, 1.165) is 17.7 Å². The van der Waals surface area contributed by atoms with Gasteiger partial charge in [-0.2, -0.15) is 0 Å². The van der Waals surface area contributed by atoms with Gasteiger partial charge in [0.05, 0.1) is 24.4 Å². The minimum absolute atomic E-state index is 0.122. The predicted molar refractivity (Wildman–Crippen MR) is 85.7 cm³/mol. The van der Waals surface area contributed by atoms with Gasteiger partial charge in [0.25, 0.3) is 0 Å². The maximum atomic E-state index is 6.13. The third kappa shape index (κ3) is 6.93. The first-order chi connectivity index (χ1) is 9.84. The number of hydrogen-bond acceptors (Lipinski definition) is 4. The molecule has 1 unspecified atom stereocenters. The molecule has 4 heteroatoms. The van der Waals surface area contributed by atoms with E-state index >= 15 is 0 Å². The molecule has 0 saturated heterocycles. The summed E-state index contributed by atoms with van der Waals surface area (Å²) in [6.07, 6.45) is 1.02. The van der Waals surface area contributed by atoms with Gasteiger partial charge in [0.1, 0.15) is 5.75 Å². The van der Waals surface area contributed by atoms with Crippen LogP contribution in [0.5, 0.6) is 5.75 Å². The van der Waals surface area contributed by atoms with Gasteiger partial charge < -0.3 is 19.9 Å².